The van der Waals surface area contributed by atoms with E-state index in [0.717, 1.165) is 4.90 Å². The zero-order valence-electron chi connectivity index (χ0n) is 11.0. The Hall–Kier alpha value is -2.55. The third kappa shape index (κ3) is 3.22. The highest BCUT2D eigenvalue weighted by molar-refractivity contribution is 5.93. The molecule has 19 heavy (non-hydrogen) atoms. The molecule has 0 aliphatic rings. The van der Waals surface area contributed by atoms with Gasteiger partial charge in [-0.15, -0.1) is 0 Å². The number of nitriles is 1. The van der Waals surface area contributed by atoms with Gasteiger partial charge in [-0.3, -0.25) is 0 Å². The van der Waals surface area contributed by atoms with Crippen molar-refractivity contribution >= 4 is 17.7 Å². The van der Waals surface area contributed by atoms with Gasteiger partial charge in [0.05, 0.1) is 11.6 Å². The maximum atomic E-state index is 11.9. The third-order valence-corrected chi connectivity index (χ3v) is 2.91. The van der Waals surface area contributed by atoms with Gasteiger partial charge in [-0.05, 0) is 32.0 Å². The Morgan fingerprint density at radius 2 is 2.05 bits per heavy atom. The predicted molar refractivity (Wildman–Crippen MR) is 69.7 cm³/mol. The van der Waals surface area contributed by atoms with E-state index in [9.17, 15) is 9.59 Å². The normalized spacial score (nSPS) is 10.4. The van der Waals surface area contributed by atoms with Crippen molar-refractivity contribution in [3.63, 3.8) is 0 Å². The Bertz CT molecular complexity index is 546. The standard InChI is InChI=1S/C13H15N3O3/c1-13(2,11(17)18)16(3)12(19)15-10-6-4-5-9(7-10)8-14/h4-7H,1-3H3,(H,15,19)(H,17,18). The third-order valence-electron chi connectivity index (χ3n) is 2.91. The Kier molecular flexibility index (Phi) is 4.12. The number of anilines is 1. The Balaban J connectivity index is 2.85. The fourth-order valence-corrected chi connectivity index (χ4v) is 1.27. The molecule has 0 bridgehead atoms. The molecule has 0 aliphatic carbocycles. The number of hydrogen-bond acceptors (Lipinski definition) is 3. The van der Waals surface area contributed by atoms with Crippen LogP contribution in [0.1, 0.15) is 19.4 Å². The van der Waals surface area contributed by atoms with Crippen LogP contribution in [0.2, 0.25) is 0 Å². The van der Waals surface area contributed by atoms with Crippen LogP contribution in [0.25, 0.3) is 0 Å². The molecular formula is C13H15N3O3. The summed E-state index contributed by atoms with van der Waals surface area (Å²) in [7, 11) is 1.40. The van der Waals surface area contributed by atoms with Crippen molar-refractivity contribution < 1.29 is 14.7 Å². The molecule has 1 rings (SSSR count). The number of carboxylic acid groups (broad SMARTS) is 1. The van der Waals surface area contributed by atoms with Gasteiger partial charge in [0.1, 0.15) is 5.54 Å². The number of nitrogens with zero attached hydrogens (tertiary/aromatic N) is 2. The summed E-state index contributed by atoms with van der Waals surface area (Å²) in [6.07, 6.45) is 0. The summed E-state index contributed by atoms with van der Waals surface area (Å²) in [5.74, 6) is -1.10. The number of amides is 2. The summed E-state index contributed by atoms with van der Waals surface area (Å²) in [6, 6.07) is 7.79. The highest BCUT2D eigenvalue weighted by atomic mass is 16.4. The molecule has 6 heteroatoms. The first-order chi connectivity index (χ1) is 8.78. The molecule has 0 unspecified atom stereocenters. The van der Waals surface area contributed by atoms with Gasteiger partial charge in [0.2, 0.25) is 0 Å². The van der Waals surface area contributed by atoms with Crippen LogP contribution in [-0.2, 0) is 4.79 Å². The van der Waals surface area contributed by atoms with E-state index >= 15 is 0 Å². The number of carbonyl (C=O) groups is 2. The number of benzene rings is 1. The first-order valence-corrected chi connectivity index (χ1v) is 5.57. The van der Waals surface area contributed by atoms with E-state index in [4.69, 9.17) is 10.4 Å². The van der Waals surface area contributed by atoms with Crippen molar-refractivity contribution in [1.29, 1.82) is 5.26 Å². The second-order valence-corrected chi connectivity index (χ2v) is 4.55. The zero-order valence-corrected chi connectivity index (χ0v) is 11.0. The summed E-state index contributed by atoms with van der Waals surface area (Å²) < 4.78 is 0. The van der Waals surface area contributed by atoms with Gasteiger partial charge in [0, 0.05) is 12.7 Å². The maximum Gasteiger partial charge on any atom is 0.329 e. The lowest BCUT2D eigenvalue weighted by Gasteiger charge is -2.31. The molecule has 1 aromatic carbocycles. The number of likely N-dealkylation sites (N-methyl/N-ethyl adjacent to an activating group) is 1. The molecule has 0 fully saturated rings. The topological polar surface area (TPSA) is 93.4 Å². The molecule has 0 saturated carbocycles. The first kappa shape index (κ1) is 14.5. The van der Waals surface area contributed by atoms with Gasteiger partial charge >= 0.3 is 12.0 Å². The van der Waals surface area contributed by atoms with Crippen molar-refractivity contribution in [2.45, 2.75) is 19.4 Å². The van der Waals surface area contributed by atoms with Crippen molar-refractivity contribution in [2.75, 3.05) is 12.4 Å². The van der Waals surface area contributed by atoms with Crippen molar-refractivity contribution in [2.24, 2.45) is 0 Å². The van der Waals surface area contributed by atoms with E-state index in [2.05, 4.69) is 5.32 Å². The number of carboxylic acids is 1. The van der Waals surface area contributed by atoms with Gasteiger partial charge in [-0.1, -0.05) is 6.07 Å². The number of urea groups is 1. The Morgan fingerprint density at radius 3 is 2.58 bits per heavy atom. The Morgan fingerprint density at radius 1 is 1.42 bits per heavy atom. The number of aliphatic carboxylic acids is 1. The smallest absolute Gasteiger partial charge is 0.329 e. The van der Waals surface area contributed by atoms with Crippen LogP contribution in [0.3, 0.4) is 0 Å². The quantitative estimate of drug-likeness (QED) is 0.868. The molecule has 0 heterocycles. The lowest BCUT2D eigenvalue weighted by molar-refractivity contribution is -0.146. The second kappa shape index (κ2) is 5.40. The predicted octanol–water partition coefficient (Wildman–Crippen LogP) is 1.89. The van der Waals surface area contributed by atoms with Crippen molar-refractivity contribution in [3.05, 3.63) is 29.8 Å². The summed E-state index contributed by atoms with van der Waals surface area (Å²) >= 11 is 0. The summed E-state index contributed by atoms with van der Waals surface area (Å²) in [4.78, 5) is 24.1. The van der Waals surface area contributed by atoms with Gasteiger partial charge in [-0.2, -0.15) is 5.26 Å². The van der Waals surface area contributed by atoms with E-state index in [1.807, 2.05) is 6.07 Å². The molecule has 0 aliphatic heterocycles. The van der Waals surface area contributed by atoms with E-state index in [1.165, 1.54) is 27.0 Å². The fraction of sp³-hybridized carbons (Fsp3) is 0.308. The molecule has 2 N–H and O–H groups in total. The molecule has 0 spiro atoms. The van der Waals surface area contributed by atoms with E-state index in [1.54, 1.807) is 18.2 Å². The zero-order chi connectivity index (χ0) is 14.6. The van der Waals surface area contributed by atoms with Crippen LogP contribution in [0.5, 0.6) is 0 Å². The molecule has 0 aromatic heterocycles. The highest BCUT2D eigenvalue weighted by Gasteiger charge is 2.35. The number of nitrogens with one attached hydrogen (secondary N) is 1. The molecule has 2 amide bonds. The van der Waals surface area contributed by atoms with Crippen LogP contribution in [-0.4, -0.2) is 34.6 Å². The SMILES string of the molecule is CN(C(=O)Nc1cccc(C#N)c1)C(C)(C)C(=O)O. The lowest BCUT2D eigenvalue weighted by Crippen LogP contribution is -2.52. The fourth-order valence-electron chi connectivity index (χ4n) is 1.27. The van der Waals surface area contributed by atoms with Crippen LogP contribution in [0.15, 0.2) is 24.3 Å². The van der Waals surface area contributed by atoms with Crippen molar-refractivity contribution in [1.82, 2.24) is 4.90 Å². The summed E-state index contributed by atoms with van der Waals surface area (Å²) in [5.41, 5.74) is -0.466. The van der Waals surface area contributed by atoms with Gasteiger partial charge in [0.25, 0.3) is 0 Å². The summed E-state index contributed by atoms with van der Waals surface area (Å²) in [5, 5.41) is 20.4. The van der Waals surface area contributed by atoms with Gasteiger partial charge in [-0.25, -0.2) is 9.59 Å². The molecule has 1 aromatic rings. The monoisotopic (exact) mass is 261 g/mol. The van der Waals surface area contributed by atoms with E-state index in [-0.39, 0.29) is 0 Å². The Labute approximate surface area is 111 Å². The second-order valence-electron chi connectivity index (χ2n) is 4.55. The lowest BCUT2D eigenvalue weighted by atomic mass is 10.1. The molecular weight excluding hydrogens is 246 g/mol. The first-order valence-electron chi connectivity index (χ1n) is 5.57. The van der Waals surface area contributed by atoms with Crippen molar-refractivity contribution in [3.8, 4) is 6.07 Å². The maximum absolute atomic E-state index is 11.9. The molecule has 0 saturated heterocycles. The minimum atomic E-state index is -1.32. The highest BCUT2D eigenvalue weighted by Crippen LogP contribution is 2.16. The van der Waals surface area contributed by atoms with Crippen LogP contribution >= 0.6 is 0 Å². The largest absolute Gasteiger partial charge is 0.480 e. The van der Waals surface area contributed by atoms with Gasteiger partial charge < -0.3 is 15.3 Å². The molecule has 0 atom stereocenters. The molecule has 100 valence electrons. The van der Waals surface area contributed by atoms with Crippen LogP contribution < -0.4 is 5.32 Å². The molecule has 6 nitrogen and oxygen atoms in total. The number of carbonyl (C=O) groups excluding carboxylic acids is 1. The number of rotatable bonds is 3. The number of hydrogen-bond donors (Lipinski definition) is 2. The summed E-state index contributed by atoms with van der Waals surface area (Å²) in [6.45, 7) is 2.86. The van der Waals surface area contributed by atoms with Crippen LogP contribution in [0, 0.1) is 11.3 Å². The average Bonchev–Trinajstić information content (AvgIpc) is 2.37. The molecule has 0 radical (unpaired) electrons. The minimum Gasteiger partial charge on any atom is -0.480 e. The average molecular weight is 261 g/mol. The van der Waals surface area contributed by atoms with E-state index < -0.39 is 17.5 Å². The van der Waals surface area contributed by atoms with E-state index in [0.29, 0.717) is 11.3 Å². The van der Waals surface area contributed by atoms with Crippen LogP contribution in [0.4, 0.5) is 10.5 Å². The minimum absolute atomic E-state index is 0.415. The van der Waals surface area contributed by atoms with Gasteiger partial charge in [0.15, 0.2) is 0 Å².